The van der Waals surface area contributed by atoms with Crippen molar-refractivity contribution in [1.29, 1.82) is 0 Å². The molecule has 0 amide bonds. The lowest BCUT2D eigenvalue weighted by atomic mass is 9.91. The largest absolute Gasteiger partial charge is 0.314 e. The third-order valence-electron chi connectivity index (χ3n) is 3.37. The van der Waals surface area contributed by atoms with E-state index >= 15 is 0 Å². The number of likely N-dealkylation sites (tertiary alicyclic amines) is 1. The molecule has 90 valence electrons. The molecule has 0 aromatic carbocycles. The molecule has 0 saturated carbocycles. The van der Waals surface area contributed by atoms with Gasteiger partial charge in [0.15, 0.2) is 0 Å². The Balaban J connectivity index is 2.27. The lowest BCUT2D eigenvalue weighted by Gasteiger charge is -2.35. The van der Waals surface area contributed by atoms with Gasteiger partial charge in [0, 0.05) is 19.1 Å². The molecule has 0 radical (unpaired) electrons. The standard InChI is InChI=1S/C12H25FN2/c1-3-7-14-11(2)12-5-4-8-15(10-12)9-6-13/h11-12,14H,3-10H2,1-2H3. The molecule has 0 aromatic heterocycles. The molecule has 0 bridgehead atoms. The maximum Gasteiger partial charge on any atom is 0.102 e. The summed E-state index contributed by atoms with van der Waals surface area (Å²) in [7, 11) is 0. The zero-order chi connectivity index (χ0) is 11.1. The van der Waals surface area contributed by atoms with E-state index in [1.54, 1.807) is 0 Å². The SMILES string of the molecule is CCCNC(C)C1CCCN(CCF)C1. The van der Waals surface area contributed by atoms with Crippen molar-refractivity contribution in [3.8, 4) is 0 Å². The Labute approximate surface area is 93.2 Å². The zero-order valence-electron chi connectivity index (χ0n) is 10.1. The van der Waals surface area contributed by atoms with Gasteiger partial charge in [-0.15, -0.1) is 0 Å². The average molecular weight is 216 g/mol. The van der Waals surface area contributed by atoms with Gasteiger partial charge in [-0.1, -0.05) is 6.92 Å². The van der Waals surface area contributed by atoms with Crippen LogP contribution in [0.1, 0.15) is 33.1 Å². The van der Waals surface area contributed by atoms with Gasteiger partial charge >= 0.3 is 0 Å². The maximum atomic E-state index is 12.3. The molecule has 0 aromatic rings. The summed E-state index contributed by atoms with van der Waals surface area (Å²) in [6, 6.07) is 0.576. The molecule has 1 aliphatic heterocycles. The third kappa shape index (κ3) is 4.47. The molecule has 1 fully saturated rings. The summed E-state index contributed by atoms with van der Waals surface area (Å²) in [5, 5.41) is 3.54. The minimum absolute atomic E-state index is 0.205. The van der Waals surface area contributed by atoms with Crippen LogP contribution >= 0.6 is 0 Å². The van der Waals surface area contributed by atoms with Crippen LogP contribution in [0.25, 0.3) is 0 Å². The van der Waals surface area contributed by atoms with Gasteiger partial charge in [0.1, 0.15) is 6.67 Å². The van der Waals surface area contributed by atoms with Crippen molar-refractivity contribution in [2.45, 2.75) is 39.2 Å². The van der Waals surface area contributed by atoms with Crippen LogP contribution in [0.15, 0.2) is 0 Å². The first-order valence-electron chi connectivity index (χ1n) is 6.29. The fourth-order valence-electron chi connectivity index (χ4n) is 2.36. The molecule has 2 unspecified atom stereocenters. The van der Waals surface area contributed by atoms with Gasteiger partial charge in [0.2, 0.25) is 0 Å². The van der Waals surface area contributed by atoms with Gasteiger partial charge < -0.3 is 10.2 Å². The molecule has 15 heavy (non-hydrogen) atoms. The summed E-state index contributed by atoms with van der Waals surface area (Å²) >= 11 is 0. The Morgan fingerprint density at radius 2 is 2.33 bits per heavy atom. The number of hydrogen-bond acceptors (Lipinski definition) is 2. The van der Waals surface area contributed by atoms with Crippen LogP contribution in [0, 0.1) is 5.92 Å². The van der Waals surface area contributed by atoms with E-state index in [2.05, 4.69) is 24.1 Å². The Morgan fingerprint density at radius 1 is 1.53 bits per heavy atom. The van der Waals surface area contributed by atoms with Gasteiger partial charge in [-0.3, -0.25) is 0 Å². The average Bonchev–Trinajstić information content (AvgIpc) is 2.27. The second kappa shape index (κ2) is 7.18. The molecule has 3 heteroatoms. The van der Waals surface area contributed by atoms with Crippen molar-refractivity contribution in [3.05, 3.63) is 0 Å². The quantitative estimate of drug-likeness (QED) is 0.731. The number of hydrogen-bond donors (Lipinski definition) is 1. The summed E-state index contributed by atoms with van der Waals surface area (Å²) < 4.78 is 12.3. The van der Waals surface area contributed by atoms with Gasteiger partial charge in [0.25, 0.3) is 0 Å². The summed E-state index contributed by atoms with van der Waals surface area (Å²) in [5.41, 5.74) is 0. The van der Waals surface area contributed by atoms with Crippen LogP contribution in [0.2, 0.25) is 0 Å². The van der Waals surface area contributed by atoms with Crippen molar-refractivity contribution in [3.63, 3.8) is 0 Å². The second-order valence-corrected chi connectivity index (χ2v) is 4.63. The van der Waals surface area contributed by atoms with E-state index in [9.17, 15) is 4.39 Å². The van der Waals surface area contributed by atoms with Crippen molar-refractivity contribution in [2.75, 3.05) is 32.9 Å². The van der Waals surface area contributed by atoms with Gasteiger partial charge in [-0.2, -0.15) is 0 Å². The van der Waals surface area contributed by atoms with Crippen LogP contribution in [0.3, 0.4) is 0 Å². The molecule has 1 N–H and O–H groups in total. The van der Waals surface area contributed by atoms with E-state index in [1.165, 1.54) is 19.3 Å². The number of alkyl halides is 1. The Morgan fingerprint density at radius 3 is 3.00 bits per heavy atom. The van der Waals surface area contributed by atoms with Crippen molar-refractivity contribution >= 4 is 0 Å². The van der Waals surface area contributed by atoms with Crippen LogP contribution < -0.4 is 5.32 Å². The molecule has 1 rings (SSSR count). The highest BCUT2D eigenvalue weighted by atomic mass is 19.1. The Kier molecular flexibility index (Phi) is 6.18. The van der Waals surface area contributed by atoms with Crippen LogP contribution in [-0.2, 0) is 0 Å². The predicted octanol–water partition coefficient (Wildman–Crippen LogP) is 2.06. The maximum absolute atomic E-state index is 12.3. The first-order valence-corrected chi connectivity index (χ1v) is 6.29. The Bertz CT molecular complexity index is 162. The molecule has 1 aliphatic rings. The normalized spacial score (nSPS) is 25.4. The fraction of sp³-hybridized carbons (Fsp3) is 1.00. The number of piperidine rings is 1. The van der Waals surface area contributed by atoms with Gasteiger partial charge in [-0.25, -0.2) is 4.39 Å². The Hall–Kier alpha value is -0.150. The highest BCUT2D eigenvalue weighted by Crippen LogP contribution is 2.19. The molecule has 2 atom stereocenters. The van der Waals surface area contributed by atoms with E-state index in [4.69, 9.17) is 0 Å². The van der Waals surface area contributed by atoms with Crippen molar-refractivity contribution < 1.29 is 4.39 Å². The zero-order valence-corrected chi connectivity index (χ0v) is 10.1. The van der Waals surface area contributed by atoms with Gasteiger partial charge in [0.05, 0.1) is 0 Å². The summed E-state index contributed by atoms with van der Waals surface area (Å²) in [5.74, 6) is 0.705. The summed E-state index contributed by atoms with van der Waals surface area (Å²) in [4.78, 5) is 2.26. The molecular formula is C12H25FN2. The topological polar surface area (TPSA) is 15.3 Å². The van der Waals surface area contributed by atoms with E-state index < -0.39 is 0 Å². The van der Waals surface area contributed by atoms with E-state index in [-0.39, 0.29) is 6.67 Å². The smallest absolute Gasteiger partial charge is 0.102 e. The second-order valence-electron chi connectivity index (χ2n) is 4.63. The lowest BCUT2D eigenvalue weighted by molar-refractivity contribution is 0.142. The summed E-state index contributed by atoms with van der Waals surface area (Å²) in [6.07, 6.45) is 3.70. The minimum Gasteiger partial charge on any atom is -0.314 e. The number of halogens is 1. The fourth-order valence-corrected chi connectivity index (χ4v) is 2.36. The van der Waals surface area contributed by atoms with Crippen LogP contribution in [0.5, 0.6) is 0 Å². The molecule has 2 nitrogen and oxygen atoms in total. The minimum atomic E-state index is -0.205. The molecule has 0 spiro atoms. The first kappa shape index (κ1) is 12.9. The molecular weight excluding hydrogens is 191 g/mol. The third-order valence-corrected chi connectivity index (χ3v) is 3.37. The molecule has 0 aliphatic carbocycles. The number of nitrogens with zero attached hydrogens (tertiary/aromatic N) is 1. The highest BCUT2D eigenvalue weighted by molar-refractivity contribution is 4.80. The van der Waals surface area contributed by atoms with Crippen molar-refractivity contribution in [1.82, 2.24) is 10.2 Å². The van der Waals surface area contributed by atoms with Crippen LogP contribution in [0.4, 0.5) is 4.39 Å². The summed E-state index contributed by atoms with van der Waals surface area (Å²) in [6.45, 7) is 8.12. The lowest BCUT2D eigenvalue weighted by Crippen LogP contribution is -2.45. The monoisotopic (exact) mass is 216 g/mol. The van der Waals surface area contributed by atoms with Gasteiger partial charge in [-0.05, 0) is 45.2 Å². The van der Waals surface area contributed by atoms with E-state index in [0.29, 0.717) is 18.5 Å². The van der Waals surface area contributed by atoms with Crippen LogP contribution in [-0.4, -0.2) is 43.8 Å². The number of rotatable bonds is 6. The first-order chi connectivity index (χ1) is 7.27. The highest BCUT2D eigenvalue weighted by Gasteiger charge is 2.23. The van der Waals surface area contributed by atoms with E-state index in [1.807, 2.05) is 0 Å². The number of nitrogens with one attached hydrogen (secondary N) is 1. The predicted molar refractivity (Wildman–Crippen MR) is 62.9 cm³/mol. The molecule has 1 saturated heterocycles. The van der Waals surface area contributed by atoms with E-state index in [0.717, 1.165) is 19.6 Å². The molecule has 1 heterocycles. The van der Waals surface area contributed by atoms with Crippen molar-refractivity contribution in [2.24, 2.45) is 5.92 Å².